The molecule has 0 bridgehead atoms. The van der Waals surface area contributed by atoms with Crippen molar-refractivity contribution in [1.82, 2.24) is 0 Å². The van der Waals surface area contributed by atoms with Gasteiger partial charge in [-0.05, 0) is 79.9 Å². The third-order valence-electron chi connectivity index (χ3n) is 8.76. The first-order chi connectivity index (χ1) is 17.2. The summed E-state index contributed by atoms with van der Waals surface area (Å²) in [6.45, 7) is 0.578. The van der Waals surface area contributed by atoms with E-state index in [0.717, 1.165) is 42.1 Å². The topological polar surface area (TPSA) is 9.23 Å². The van der Waals surface area contributed by atoms with Gasteiger partial charge in [-0.3, -0.25) is 0 Å². The highest BCUT2D eigenvalue weighted by Crippen LogP contribution is 2.43. The first-order valence-corrected chi connectivity index (χ1v) is 14.3. The quantitative estimate of drug-likeness (QED) is 0.187. The summed E-state index contributed by atoms with van der Waals surface area (Å²) >= 11 is 0. The summed E-state index contributed by atoms with van der Waals surface area (Å²) in [4.78, 5) is 0. The third kappa shape index (κ3) is 9.20. The Bertz CT molecular complexity index is 729. The number of ether oxygens (including phenoxy) is 1. The van der Waals surface area contributed by atoms with Gasteiger partial charge in [0.1, 0.15) is 5.75 Å². The van der Waals surface area contributed by atoms with E-state index >= 15 is 0 Å². The predicted octanol–water partition coefficient (Wildman–Crippen LogP) is 10.2. The zero-order valence-electron chi connectivity index (χ0n) is 21.9. The van der Waals surface area contributed by atoms with Crippen LogP contribution in [0.5, 0.6) is 5.75 Å². The molecule has 0 saturated heterocycles. The van der Waals surface area contributed by atoms with E-state index in [0.29, 0.717) is 0 Å². The largest absolute Gasteiger partial charge is 0.487 e. The Morgan fingerprint density at radius 3 is 1.75 bits per heavy atom. The molecule has 1 nitrogen and oxygen atoms in total. The van der Waals surface area contributed by atoms with Crippen LogP contribution in [0, 0.1) is 23.7 Å². The average molecular weight is 517 g/mol. The fourth-order valence-corrected chi connectivity index (χ4v) is 6.31. The lowest BCUT2D eigenvalue weighted by Crippen LogP contribution is -2.41. The molecule has 36 heavy (non-hydrogen) atoms. The minimum Gasteiger partial charge on any atom is -0.487 e. The average Bonchev–Trinajstić information content (AvgIpc) is 2.87. The first-order valence-electron chi connectivity index (χ1n) is 14.3. The molecular weight excluding hydrogens is 471 g/mol. The molecule has 6 heteroatoms. The highest BCUT2D eigenvalue weighted by atomic mass is 19.4. The van der Waals surface area contributed by atoms with E-state index in [1.165, 1.54) is 102 Å². The number of hydrogen-bond acceptors (Lipinski definition) is 1. The second kappa shape index (κ2) is 14.0. The molecule has 0 atom stereocenters. The summed E-state index contributed by atoms with van der Waals surface area (Å²) in [6, 6.07) is 6.52. The van der Waals surface area contributed by atoms with Crippen LogP contribution < -0.4 is 4.74 Å². The smallest absolute Gasteiger partial charge is 0.456 e. The van der Waals surface area contributed by atoms with Gasteiger partial charge < -0.3 is 4.74 Å². The molecular formula is C30H45F5O. The molecule has 2 aliphatic rings. The van der Waals surface area contributed by atoms with Crippen LogP contribution in [-0.4, -0.2) is 18.7 Å². The Kier molecular flexibility index (Phi) is 11.4. The van der Waals surface area contributed by atoms with Crippen molar-refractivity contribution >= 4 is 0 Å². The van der Waals surface area contributed by atoms with E-state index < -0.39 is 18.7 Å². The summed E-state index contributed by atoms with van der Waals surface area (Å²) in [7, 11) is 0. The van der Waals surface area contributed by atoms with Crippen molar-refractivity contribution in [2.24, 2.45) is 23.7 Å². The molecule has 0 heterocycles. The number of benzene rings is 1. The third-order valence-corrected chi connectivity index (χ3v) is 8.76. The fraction of sp³-hybridized carbons (Fsp3) is 0.800. The summed E-state index contributed by atoms with van der Waals surface area (Å²) in [5.41, 5.74) is 1.07. The van der Waals surface area contributed by atoms with Crippen molar-refractivity contribution < 1.29 is 26.7 Å². The maximum atomic E-state index is 13.0. The molecule has 2 aliphatic carbocycles. The van der Waals surface area contributed by atoms with Crippen LogP contribution >= 0.6 is 0 Å². The van der Waals surface area contributed by atoms with Crippen LogP contribution in [0.4, 0.5) is 22.0 Å². The zero-order valence-corrected chi connectivity index (χ0v) is 21.9. The van der Waals surface area contributed by atoms with Gasteiger partial charge in [-0.1, -0.05) is 83.3 Å². The van der Waals surface area contributed by atoms with Crippen molar-refractivity contribution in [1.29, 1.82) is 0 Å². The molecule has 0 amide bonds. The van der Waals surface area contributed by atoms with Crippen molar-refractivity contribution in [2.75, 3.05) is 6.61 Å². The molecule has 0 unspecified atom stereocenters. The van der Waals surface area contributed by atoms with E-state index in [4.69, 9.17) is 0 Å². The fourth-order valence-electron chi connectivity index (χ4n) is 6.31. The molecule has 0 radical (unpaired) electrons. The van der Waals surface area contributed by atoms with E-state index in [1.807, 2.05) is 0 Å². The zero-order chi connectivity index (χ0) is 26.0. The SMILES string of the molecule is CCCCCCC[C@H]1CC[C@H]([C@H]2CC[C@H](CCc3ccc(OCC(F)(F)C(F)(F)F)cc3)CC2)CC1. The van der Waals surface area contributed by atoms with Gasteiger partial charge in [0.25, 0.3) is 0 Å². The number of unbranched alkanes of at least 4 members (excludes halogenated alkanes) is 4. The predicted molar refractivity (Wildman–Crippen MR) is 136 cm³/mol. The van der Waals surface area contributed by atoms with Crippen LogP contribution in [0.1, 0.15) is 109 Å². The second-order valence-corrected chi connectivity index (χ2v) is 11.4. The molecule has 0 aliphatic heterocycles. The Labute approximate surface area is 214 Å². The molecule has 1 aromatic carbocycles. The molecule has 0 spiro atoms. The Morgan fingerprint density at radius 1 is 0.694 bits per heavy atom. The Morgan fingerprint density at radius 2 is 1.22 bits per heavy atom. The summed E-state index contributed by atoms with van der Waals surface area (Å²) < 4.78 is 67.5. The lowest BCUT2D eigenvalue weighted by atomic mass is 9.68. The van der Waals surface area contributed by atoms with Crippen molar-refractivity contribution in [2.45, 2.75) is 122 Å². The van der Waals surface area contributed by atoms with Gasteiger partial charge in [-0.2, -0.15) is 22.0 Å². The second-order valence-electron chi connectivity index (χ2n) is 11.4. The van der Waals surface area contributed by atoms with Crippen LogP contribution in [0.2, 0.25) is 0 Å². The maximum Gasteiger partial charge on any atom is 0.456 e. The number of halogens is 5. The summed E-state index contributed by atoms with van der Waals surface area (Å²) in [6.07, 6.45) is 15.8. The van der Waals surface area contributed by atoms with Gasteiger partial charge in [0.05, 0.1) is 0 Å². The summed E-state index contributed by atoms with van der Waals surface area (Å²) in [5.74, 6) is -1.29. The molecule has 3 rings (SSSR count). The molecule has 0 N–H and O–H groups in total. The van der Waals surface area contributed by atoms with Gasteiger partial charge in [0.15, 0.2) is 6.61 Å². The van der Waals surface area contributed by atoms with Crippen molar-refractivity contribution in [3.8, 4) is 5.75 Å². The van der Waals surface area contributed by atoms with E-state index in [1.54, 1.807) is 12.1 Å². The number of aryl methyl sites for hydroxylation is 1. The lowest BCUT2D eigenvalue weighted by molar-refractivity contribution is -0.290. The van der Waals surface area contributed by atoms with Gasteiger partial charge in [-0.25, -0.2) is 0 Å². The summed E-state index contributed by atoms with van der Waals surface area (Å²) in [5, 5.41) is 0. The number of alkyl halides is 5. The minimum atomic E-state index is -5.60. The Hall–Kier alpha value is -1.33. The molecule has 0 aromatic heterocycles. The normalized spacial score (nSPS) is 25.6. The van der Waals surface area contributed by atoms with E-state index in [-0.39, 0.29) is 5.75 Å². The molecule has 2 saturated carbocycles. The number of hydrogen-bond donors (Lipinski definition) is 0. The number of rotatable bonds is 13. The lowest BCUT2D eigenvalue weighted by Gasteiger charge is -2.38. The van der Waals surface area contributed by atoms with Crippen LogP contribution in [0.25, 0.3) is 0 Å². The van der Waals surface area contributed by atoms with Crippen LogP contribution in [0.15, 0.2) is 24.3 Å². The van der Waals surface area contributed by atoms with Crippen LogP contribution in [-0.2, 0) is 6.42 Å². The van der Waals surface area contributed by atoms with E-state index in [9.17, 15) is 22.0 Å². The Balaban J connectivity index is 1.29. The molecule has 206 valence electrons. The van der Waals surface area contributed by atoms with Crippen LogP contribution in [0.3, 0.4) is 0 Å². The van der Waals surface area contributed by atoms with E-state index in [2.05, 4.69) is 11.7 Å². The molecule has 2 fully saturated rings. The maximum absolute atomic E-state index is 13.0. The van der Waals surface area contributed by atoms with Gasteiger partial charge in [0.2, 0.25) is 0 Å². The van der Waals surface area contributed by atoms with Gasteiger partial charge in [-0.15, -0.1) is 0 Å². The van der Waals surface area contributed by atoms with Crippen molar-refractivity contribution in [3.63, 3.8) is 0 Å². The standard InChI is InChI=1S/C30H45F5O/c1-2-3-4-5-6-7-23-10-16-26(17-11-23)27-18-12-24(13-19-27)8-9-25-14-20-28(21-15-25)36-22-29(31,32)30(33,34)35/h14-15,20-21,23-24,26-27H,2-13,16-19,22H2,1H3/t23-,24-,26-,27-. The van der Waals surface area contributed by atoms with Gasteiger partial charge >= 0.3 is 12.1 Å². The minimum absolute atomic E-state index is 0.0365. The highest BCUT2D eigenvalue weighted by molar-refractivity contribution is 5.27. The monoisotopic (exact) mass is 516 g/mol. The van der Waals surface area contributed by atoms with Gasteiger partial charge in [0, 0.05) is 0 Å². The molecule has 1 aromatic rings. The van der Waals surface area contributed by atoms with Crippen molar-refractivity contribution in [3.05, 3.63) is 29.8 Å². The highest BCUT2D eigenvalue weighted by Gasteiger charge is 2.58. The first kappa shape index (κ1) is 29.2.